The van der Waals surface area contributed by atoms with Crippen LogP contribution in [0.2, 0.25) is 10.0 Å². The highest BCUT2D eigenvalue weighted by Crippen LogP contribution is 2.36. The first-order valence-corrected chi connectivity index (χ1v) is 8.13. The van der Waals surface area contributed by atoms with Gasteiger partial charge in [0.2, 0.25) is 0 Å². The second-order valence-corrected chi connectivity index (χ2v) is 6.95. The molecule has 21 heavy (non-hydrogen) atoms. The van der Waals surface area contributed by atoms with Crippen molar-refractivity contribution >= 4 is 23.2 Å². The summed E-state index contributed by atoms with van der Waals surface area (Å²) in [7, 11) is 2.08. The first-order chi connectivity index (χ1) is 9.86. The zero-order valence-electron chi connectivity index (χ0n) is 12.8. The van der Waals surface area contributed by atoms with E-state index in [1.807, 2.05) is 26.0 Å². The molecule has 2 unspecified atom stereocenters. The Labute approximate surface area is 136 Å². The predicted molar refractivity (Wildman–Crippen MR) is 87.5 cm³/mol. The number of aliphatic hydroxyl groups is 1. The average Bonchev–Trinajstić information content (AvgIpc) is 2.38. The molecule has 2 rings (SSSR count). The molecule has 1 saturated heterocycles. The smallest absolute Gasteiger partial charge is 0.156 e. The van der Waals surface area contributed by atoms with Crippen molar-refractivity contribution in [1.29, 1.82) is 0 Å². The maximum absolute atomic E-state index is 10.1. The topological polar surface area (TPSA) is 32.7 Å². The highest BCUT2D eigenvalue weighted by atomic mass is 35.5. The number of hydrogen-bond donors (Lipinski definition) is 1. The Hall–Kier alpha value is -0.480. The molecular formula is C16H23Cl2NO2. The molecule has 5 heteroatoms. The Balaban J connectivity index is 2.14. The summed E-state index contributed by atoms with van der Waals surface area (Å²) >= 11 is 12.6. The molecule has 1 fully saturated rings. The standard InChI is InChI=1S/C16H23Cl2NO2/c1-10(2)21-16-13(17)7-11(8-14(16)18)6-12-9-19(3)5-4-15(12)20/h7-8,10,12,15,20H,4-6,9H2,1-3H3. The van der Waals surface area contributed by atoms with Crippen LogP contribution in [0.1, 0.15) is 25.8 Å². The molecule has 0 saturated carbocycles. The summed E-state index contributed by atoms with van der Waals surface area (Å²) in [5.41, 5.74) is 1.04. The van der Waals surface area contributed by atoms with Crippen LogP contribution in [0.25, 0.3) is 0 Å². The van der Waals surface area contributed by atoms with E-state index >= 15 is 0 Å². The van der Waals surface area contributed by atoms with E-state index in [0.717, 1.165) is 31.5 Å². The quantitative estimate of drug-likeness (QED) is 0.914. The summed E-state index contributed by atoms with van der Waals surface area (Å²) < 4.78 is 5.64. The highest BCUT2D eigenvalue weighted by Gasteiger charge is 2.26. The van der Waals surface area contributed by atoms with Gasteiger partial charge in [0.15, 0.2) is 5.75 Å². The van der Waals surface area contributed by atoms with E-state index in [0.29, 0.717) is 15.8 Å². The molecule has 0 radical (unpaired) electrons. The van der Waals surface area contributed by atoms with Gasteiger partial charge in [0, 0.05) is 19.0 Å². The number of halogens is 2. The zero-order chi connectivity index (χ0) is 15.6. The van der Waals surface area contributed by atoms with Crippen molar-refractivity contribution in [1.82, 2.24) is 4.90 Å². The van der Waals surface area contributed by atoms with Crippen LogP contribution in [0.4, 0.5) is 0 Å². The van der Waals surface area contributed by atoms with Crippen molar-refractivity contribution in [2.75, 3.05) is 20.1 Å². The molecule has 3 nitrogen and oxygen atoms in total. The van der Waals surface area contributed by atoms with Crippen molar-refractivity contribution in [3.05, 3.63) is 27.7 Å². The fourth-order valence-electron chi connectivity index (χ4n) is 2.78. The molecule has 0 aliphatic carbocycles. The molecule has 2 atom stereocenters. The SMILES string of the molecule is CC(C)Oc1c(Cl)cc(CC2CN(C)CCC2O)cc1Cl. The third kappa shape index (κ3) is 4.49. The molecule has 1 aromatic carbocycles. The number of likely N-dealkylation sites (tertiary alicyclic amines) is 1. The highest BCUT2D eigenvalue weighted by molar-refractivity contribution is 6.37. The van der Waals surface area contributed by atoms with Crippen LogP contribution in [0.3, 0.4) is 0 Å². The van der Waals surface area contributed by atoms with Crippen molar-refractivity contribution in [3.63, 3.8) is 0 Å². The van der Waals surface area contributed by atoms with Crippen molar-refractivity contribution in [3.8, 4) is 5.75 Å². The number of aliphatic hydroxyl groups excluding tert-OH is 1. The fourth-order valence-corrected chi connectivity index (χ4v) is 3.40. The fraction of sp³-hybridized carbons (Fsp3) is 0.625. The molecule has 1 aliphatic heterocycles. The van der Waals surface area contributed by atoms with Gasteiger partial charge in [-0.25, -0.2) is 0 Å². The number of piperidine rings is 1. The lowest BCUT2D eigenvalue weighted by Gasteiger charge is -2.34. The van der Waals surface area contributed by atoms with Crippen LogP contribution in [0.5, 0.6) is 5.75 Å². The van der Waals surface area contributed by atoms with E-state index < -0.39 is 0 Å². The summed E-state index contributed by atoms with van der Waals surface area (Å²) in [5.74, 6) is 0.756. The second kappa shape index (κ2) is 7.19. The first kappa shape index (κ1) is 16.9. The number of rotatable bonds is 4. The van der Waals surface area contributed by atoms with E-state index in [9.17, 15) is 5.11 Å². The maximum atomic E-state index is 10.1. The Morgan fingerprint density at radius 1 is 1.33 bits per heavy atom. The third-order valence-corrected chi connectivity index (χ3v) is 4.37. The maximum Gasteiger partial charge on any atom is 0.156 e. The lowest BCUT2D eigenvalue weighted by molar-refractivity contribution is 0.0366. The monoisotopic (exact) mass is 331 g/mol. The van der Waals surface area contributed by atoms with E-state index in [1.54, 1.807) is 0 Å². The van der Waals surface area contributed by atoms with Gasteiger partial charge in [0.05, 0.1) is 22.3 Å². The summed E-state index contributed by atoms with van der Waals surface area (Å²) in [6.07, 6.45) is 1.36. The van der Waals surface area contributed by atoms with Gasteiger partial charge in [-0.1, -0.05) is 23.2 Å². The number of benzene rings is 1. The van der Waals surface area contributed by atoms with Gasteiger partial charge >= 0.3 is 0 Å². The van der Waals surface area contributed by atoms with Crippen LogP contribution in [0, 0.1) is 5.92 Å². The summed E-state index contributed by atoms with van der Waals surface area (Å²) in [6.45, 7) is 5.71. The molecule has 0 aromatic heterocycles. The van der Waals surface area contributed by atoms with E-state index in [2.05, 4.69) is 11.9 Å². The molecule has 0 spiro atoms. The van der Waals surface area contributed by atoms with E-state index in [4.69, 9.17) is 27.9 Å². The molecule has 1 heterocycles. The second-order valence-electron chi connectivity index (χ2n) is 6.14. The average molecular weight is 332 g/mol. The van der Waals surface area contributed by atoms with Crippen molar-refractivity contribution in [2.24, 2.45) is 5.92 Å². The van der Waals surface area contributed by atoms with Crippen LogP contribution in [-0.4, -0.2) is 42.4 Å². The van der Waals surface area contributed by atoms with Crippen LogP contribution in [-0.2, 0) is 6.42 Å². The number of ether oxygens (including phenoxy) is 1. The number of hydrogen-bond acceptors (Lipinski definition) is 3. The number of nitrogens with zero attached hydrogens (tertiary/aromatic N) is 1. The van der Waals surface area contributed by atoms with E-state index in [-0.39, 0.29) is 18.1 Å². The van der Waals surface area contributed by atoms with Crippen LogP contribution < -0.4 is 4.74 Å². The summed E-state index contributed by atoms with van der Waals surface area (Å²) in [5, 5.41) is 11.2. The Kier molecular flexibility index (Phi) is 5.78. The largest absolute Gasteiger partial charge is 0.488 e. The summed E-state index contributed by atoms with van der Waals surface area (Å²) in [6, 6.07) is 3.79. The summed E-state index contributed by atoms with van der Waals surface area (Å²) in [4.78, 5) is 2.25. The molecule has 0 bridgehead atoms. The van der Waals surface area contributed by atoms with Gasteiger partial charge < -0.3 is 14.7 Å². The molecule has 1 aliphatic rings. The minimum Gasteiger partial charge on any atom is -0.488 e. The van der Waals surface area contributed by atoms with Gasteiger partial charge in [-0.3, -0.25) is 0 Å². The van der Waals surface area contributed by atoms with Gasteiger partial charge in [-0.2, -0.15) is 0 Å². The molecular weight excluding hydrogens is 309 g/mol. The van der Waals surface area contributed by atoms with Gasteiger partial charge in [0.25, 0.3) is 0 Å². The van der Waals surface area contributed by atoms with Crippen LogP contribution >= 0.6 is 23.2 Å². The van der Waals surface area contributed by atoms with Crippen molar-refractivity contribution in [2.45, 2.75) is 38.9 Å². The van der Waals surface area contributed by atoms with Crippen molar-refractivity contribution < 1.29 is 9.84 Å². The molecule has 1 N–H and O–H groups in total. The normalized spacial score (nSPS) is 23.6. The first-order valence-electron chi connectivity index (χ1n) is 7.38. The molecule has 0 amide bonds. The van der Waals surface area contributed by atoms with Gasteiger partial charge in [-0.05, 0) is 51.4 Å². The Morgan fingerprint density at radius 3 is 2.52 bits per heavy atom. The minimum absolute atomic E-state index is 0.0275. The lowest BCUT2D eigenvalue weighted by Crippen LogP contribution is -2.41. The minimum atomic E-state index is -0.259. The molecule has 1 aromatic rings. The molecule has 118 valence electrons. The Bertz CT molecular complexity index is 470. The van der Waals surface area contributed by atoms with Gasteiger partial charge in [-0.15, -0.1) is 0 Å². The zero-order valence-corrected chi connectivity index (χ0v) is 14.3. The lowest BCUT2D eigenvalue weighted by atomic mass is 9.89. The van der Waals surface area contributed by atoms with Gasteiger partial charge in [0.1, 0.15) is 0 Å². The van der Waals surface area contributed by atoms with Crippen LogP contribution in [0.15, 0.2) is 12.1 Å². The van der Waals surface area contributed by atoms with E-state index in [1.165, 1.54) is 0 Å². The third-order valence-electron chi connectivity index (χ3n) is 3.81. The predicted octanol–water partition coefficient (Wildman–Crippen LogP) is 3.64. The Morgan fingerprint density at radius 2 is 1.95 bits per heavy atom.